The molecule has 0 aromatic carbocycles. The van der Waals surface area contributed by atoms with E-state index in [4.69, 9.17) is 9.47 Å². The summed E-state index contributed by atoms with van der Waals surface area (Å²) < 4.78 is 14.0. The van der Waals surface area contributed by atoms with Gasteiger partial charge < -0.3 is 14.2 Å². The molecule has 1 rings (SSSR count). The topological polar surface area (TPSA) is 44.8 Å². The molecule has 7 heteroatoms. The van der Waals surface area contributed by atoms with Gasteiger partial charge in [-0.15, -0.1) is 0 Å². The van der Waals surface area contributed by atoms with Gasteiger partial charge in [-0.1, -0.05) is 15.9 Å². The zero-order valence-corrected chi connectivity index (χ0v) is 14.1. The third kappa shape index (κ3) is 15.0. The first kappa shape index (κ1) is 21.3. The molecule has 4 nitrogen and oxygen atoms in total. The van der Waals surface area contributed by atoms with Gasteiger partial charge in [-0.3, -0.25) is 18.1 Å². The number of ether oxygens (including phenoxy) is 3. The molecule has 0 bridgehead atoms. The van der Waals surface area contributed by atoms with Crippen molar-refractivity contribution in [3.63, 3.8) is 0 Å². The monoisotopic (exact) mass is 486 g/mol. The molecule has 0 amide bonds. The minimum atomic E-state index is -0.495. The second-order valence-electron chi connectivity index (χ2n) is 2.00. The van der Waals surface area contributed by atoms with E-state index in [1.807, 2.05) is 0 Å². The number of hydrogen-bond donors (Lipinski definition) is 0. The van der Waals surface area contributed by atoms with Gasteiger partial charge in [-0.2, -0.15) is 0 Å². The van der Waals surface area contributed by atoms with Crippen LogP contribution in [0.25, 0.3) is 0 Å². The maximum absolute atomic E-state index is 9.48. The zero-order valence-electron chi connectivity index (χ0n) is 8.22. The van der Waals surface area contributed by atoms with Crippen molar-refractivity contribution in [3.05, 3.63) is 20.1 Å². The van der Waals surface area contributed by atoms with Crippen LogP contribution in [0.15, 0.2) is 0 Å². The Balaban J connectivity index is -0.000000185. The Kier molecular flexibility index (Phi) is 21.3. The van der Waals surface area contributed by atoms with Gasteiger partial charge in [0.15, 0.2) is 5.97 Å². The normalized spacial score (nSPS) is 14.8. The molecular weight excluding hydrogens is 475 g/mol. The van der Waals surface area contributed by atoms with Crippen molar-refractivity contribution in [2.45, 2.75) is 12.7 Å². The number of alkyl halides is 1. The summed E-state index contributed by atoms with van der Waals surface area (Å²) in [4.78, 5) is 9.48. The second kappa shape index (κ2) is 15.0. The molecule has 0 aliphatic carbocycles. The van der Waals surface area contributed by atoms with Crippen molar-refractivity contribution in [2.24, 2.45) is 0 Å². The summed E-state index contributed by atoms with van der Waals surface area (Å²) in [6.45, 7) is 6.36. The molecule has 0 aromatic rings. The molecular formula is C8H12BrO4VW-. The molecule has 15 heavy (non-hydrogen) atoms. The maximum atomic E-state index is 9.48. The molecule has 1 aliphatic heterocycles. The van der Waals surface area contributed by atoms with Crippen molar-refractivity contribution >= 4 is 21.9 Å². The zero-order chi connectivity index (χ0) is 10.1. The van der Waals surface area contributed by atoms with Gasteiger partial charge in [0, 0.05) is 23.9 Å². The number of halogens is 1. The molecule has 0 saturated carbocycles. The van der Waals surface area contributed by atoms with E-state index in [2.05, 4.69) is 27.6 Å². The molecule has 1 heterocycles. The van der Waals surface area contributed by atoms with E-state index >= 15 is 0 Å². The quantitative estimate of drug-likeness (QED) is 0.320. The van der Waals surface area contributed by atoms with Crippen LogP contribution in [0.1, 0.15) is 6.42 Å². The first-order valence-electron chi connectivity index (χ1n) is 3.60. The summed E-state index contributed by atoms with van der Waals surface area (Å²) in [5, 5.41) is 0.722. The van der Waals surface area contributed by atoms with E-state index in [0.29, 0.717) is 0 Å². The largest absolute Gasteiger partial charge is 2.00 e. The van der Waals surface area contributed by atoms with E-state index in [1.165, 1.54) is 7.11 Å². The van der Waals surface area contributed by atoms with Crippen molar-refractivity contribution in [2.75, 3.05) is 12.4 Å². The van der Waals surface area contributed by atoms with Crippen LogP contribution in [0.5, 0.6) is 0 Å². The van der Waals surface area contributed by atoms with Gasteiger partial charge in [-0.25, -0.2) is 13.2 Å². The second-order valence-corrected chi connectivity index (χ2v) is 2.65. The van der Waals surface area contributed by atoms with E-state index in [0.717, 1.165) is 11.8 Å². The van der Waals surface area contributed by atoms with Gasteiger partial charge in [0.05, 0.1) is 7.11 Å². The van der Waals surface area contributed by atoms with Crippen LogP contribution in [-0.2, 0) is 58.6 Å². The van der Waals surface area contributed by atoms with E-state index < -0.39 is 5.97 Å². The molecule has 1 radical (unpaired) electrons. The predicted octanol–water partition coefficient (Wildman–Crippen LogP) is 1.46. The van der Waals surface area contributed by atoms with Crippen LogP contribution >= 0.6 is 15.9 Å². The molecule has 1 fully saturated rings. The van der Waals surface area contributed by atoms with Gasteiger partial charge in [-0.05, 0) is 0 Å². The Hall–Kier alpha value is 1.01. The van der Waals surface area contributed by atoms with Crippen molar-refractivity contribution in [1.29, 1.82) is 0 Å². The number of esters is 1. The summed E-state index contributed by atoms with van der Waals surface area (Å²) in [6.07, 6.45) is 0.674. The summed E-state index contributed by atoms with van der Waals surface area (Å²) in [5.74, 6) is -0.495. The summed E-state index contributed by atoms with van der Waals surface area (Å²) in [5.41, 5.74) is 0. The van der Waals surface area contributed by atoms with Crippen LogP contribution in [-0.4, -0.2) is 24.7 Å². The fraction of sp³-hybridized carbons (Fsp3) is 0.500. The Morgan fingerprint density at radius 1 is 1.60 bits per heavy atom. The summed E-state index contributed by atoms with van der Waals surface area (Å²) in [6, 6.07) is 0. The number of carbonyl (C=O) groups excluding carboxylic acids is 1. The van der Waals surface area contributed by atoms with Crippen LogP contribution in [0.3, 0.4) is 0 Å². The van der Waals surface area contributed by atoms with Crippen molar-refractivity contribution in [1.82, 2.24) is 0 Å². The molecule has 0 unspecified atom stereocenters. The van der Waals surface area contributed by atoms with Crippen molar-refractivity contribution < 1.29 is 58.6 Å². The van der Waals surface area contributed by atoms with Gasteiger partial charge >= 0.3 is 21.1 Å². The average molecular weight is 487 g/mol. The molecule has 1 saturated heterocycles. The smallest absolute Gasteiger partial charge is 0.533 e. The molecule has 1 aliphatic rings. The van der Waals surface area contributed by atoms with E-state index in [9.17, 15) is 4.79 Å². The molecule has 87 valence electrons. The minimum Gasteiger partial charge on any atom is -0.533 e. The fourth-order valence-electron chi connectivity index (χ4n) is 0.470. The average Bonchev–Trinajstić information content (AvgIpc) is 2.20. The van der Waals surface area contributed by atoms with Crippen LogP contribution < -0.4 is 0 Å². The summed E-state index contributed by atoms with van der Waals surface area (Å²) >= 11 is 3.22. The fourth-order valence-corrected chi connectivity index (χ4v) is 0.775. The third-order valence-corrected chi connectivity index (χ3v) is 1.57. The predicted molar refractivity (Wildman–Crippen MR) is 50.3 cm³/mol. The SMILES string of the molecule is BrCC1O[CH-]C[CH-]O1.[CH2-]C(=O)OC.[V].[W+2]. The maximum Gasteiger partial charge on any atom is 2.00 e. The van der Waals surface area contributed by atoms with Gasteiger partial charge in [0.2, 0.25) is 0 Å². The Labute approximate surface area is 125 Å². The first-order valence-corrected chi connectivity index (χ1v) is 4.73. The number of rotatable bonds is 1. The number of hydrogen-bond acceptors (Lipinski definition) is 4. The number of carbonyl (C=O) groups is 1. The van der Waals surface area contributed by atoms with E-state index in [1.54, 1.807) is 13.2 Å². The van der Waals surface area contributed by atoms with E-state index in [-0.39, 0.29) is 45.9 Å². The molecule has 0 spiro atoms. The van der Waals surface area contributed by atoms with Crippen LogP contribution in [0.2, 0.25) is 0 Å². The molecule has 0 aromatic heterocycles. The number of methoxy groups -OCH3 is 1. The Morgan fingerprint density at radius 3 is 2.20 bits per heavy atom. The van der Waals surface area contributed by atoms with Crippen molar-refractivity contribution in [3.8, 4) is 0 Å². The van der Waals surface area contributed by atoms with Crippen LogP contribution in [0, 0.1) is 20.1 Å². The Morgan fingerprint density at radius 2 is 2.00 bits per heavy atom. The standard InChI is InChI=1S/C5H7BrO2.C3H5O2.V.W/c6-4-5-7-2-1-3-8-5;1-3(4)5-2;;/h2-3,5H,1,4H2;1H2,2H3;;/q-2;-1;;+2. The van der Waals surface area contributed by atoms with Crippen LogP contribution in [0.4, 0.5) is 0 Å². The molecule has 0 N–H and O–H groups in total. The van der Waals surface area contributed by atoms with Gasteiger partial charge in [0.25, 0.3) is 0 Å². The molecule has 0 atom stereocenters. The third-order valence-electron chi connectivity index (χ3n) is 1.04. The Bertz CT molecular complexity index is 145. The first-order chi connectivity index (χ1) is 6.20. The minimum absolute atomic E-state index is 0. The van der Waals surface area contributed by atoms with Gasteiger partial charge in [0.1, 0.15) is 6.29 Å². The summed E-state index contributed by atoms with van der Waals surface area (Å²) in [7, 11) is 1.29.